The Labute approximate surface area is 132 Å². The van der Waals surface area contributed by atoms with E-state index in [0.717, 1.165) is 25.7 Å². The number of amides is 2. The minimum Gasteiger partial charge on any atom is -0.444 e. The zero-order valence-corrected chi connectivity index (χ0v) is 14.0. The molecule has 6 heteroatoms. The Morgan fingerprint density at radius 3 is 2.36 bits per heavy atom. The van der Waals surface area contributed by atoms with Crippen LogP contribution in [0.2, 0.25) is 0 Å². The van der Waals surface area contributed by atoms with Gasteiger partial charge in [-0.15, -0.1) is 0 Å². The van der Waals surface area contributed by atoms with E-state index in [4.69, 9.17) is 9.47 Å². The lowest BCUT2D eigenvalue weighted by Crippen LogP contribution is -2.54. The molecule has 2 saturated heterocycles. The second-order valence-corrected chi connectivity index (χ2v) is 6.98. The molecule has 1 unspecified atom stereocenters. The van der Waals surface area contributed by atoms with Crippen LogP contribution in [0.25, 0.3) is 0 Å². The normalized spacial score (nSPS) is 23.9. The molecule has 2 aliphatic rings. The van der Waals surface area contributed by atoms with Crippen LogP contribution in [-0.2, 0) is 14.3 Å². The van der Waals surface area contributed by atoms with Gasteiger partial charge in [0.05, 0.1) is 13.2 Å². The van der Waals surface area contributed by atoms with Crippen molar-refractivity contribution in [3.63, 3.8) is 0 Å². The molecule has 1 atom stereocenters. The van der Waals surface area contributed by atoms with Gasteiger partial charge in [0.2, 0.25) is 5.91 Å². The summed E-state index contributed by atoms with van der Waals surface area (Å²) in [7, 11) is 0. The first-order valence-corrected chi connectivity index (χ1v) is 8.24. The largest absolute Gasteiger partial charge is 0.444 e. The van der Waals surface area contributed by atoms with E-state index >= 15 is 0 Å². The number of hydrogen-bond donors (Lipinski definition) is 0. The third-order valence-corrected chi connectivity index (χ3v) is 3.99. The summed E-state index contributed by atoms with van der Waals surface area (Å²) < 4.78 is 10.8. The number of rotatable bonds is 1. The molecule has 0 N–H and O–H groups in total. The molecular formula is C16H28N2O4. The Balaban J connectivity index is 2.09. The summed E-state index contributed by atoms with van der Waals surface area (Å²) in [5, 5.41) is 0. The van der Waals surface area contributed by atoms with Crippen molar-refractivity contribution < 1.29 is 19.1 Å². The molecule has 2 rings (SSSR count). The van der Waals surface area contributed by atoms with Crippen LogP contribution in [0.3, 0.4) is 0 Å². The van der Waals surface area contributed by atoms with Gasteiger partial charge in [-0.1, -0.05) is 12.8 Å². The molecule has 2 fully saturated rings. The van der Waals surface area contributed by atoms with Crippen LogP contribution in [0.5, 0.6) is 0 Å². The lowest BCUT2D eigenvalue weighted by Gasteiger charge is -2.36. The molecule has 0 aliphatic carbocycles. The molecule has 2 aliphatic heterocycles. The van der Waals surface area contributed by atoms with Gasteiger partial charge in [-0.2, -0.15) is 0 Å². The molecule has 22 heavy (non-hydrogen) atoms. The third-order valence-electron chi connectivity index (χ3n) is 3.99. The summed E-state index contributed by atoms with van der Waals surface area (Å²) in [6, 6.07) is -0.393. The Morgan fingerprint density at radius 1 is 1.05 bits per heavy atom. The highest BCUT2D eigenvalue weighted by Crippen LogP contribution is 2.22. The van der Waals surface area contributed by atoms with E-state index in [2.05, 4.69) is 0 Å². The molecule has 6 nitrogen and oxygen atoms in total. The number of carbonyl (C=O) groups is 2. The van der Waals surface area contributed by atoms with Gasteiger partial charge in [0.1, 0.15) is 11.6 Å². The maximum Gasteiger partial charge on any atom is 0.410 e. The molecule has 0 saturated carbocycles. The molecule has 0 aromatic rings. The van der Waals surface area contributed by atoms with Gasteiger partial charge in [-0.3, -0.25) is 9.69 Å². The molecule has 0 bridgehead atoms. The van der Waals surface area contributed by atoms with Gasteiger partial charge in [-0.05, 0) is 33.6 Å². The summed E-state index contributed by atoms with van der Waals surface area (Å²) in [5.74, 6) is 0.0380. The number of morpholine rings is 1. The predicted octanol–water partition coefficient (Wildman–Crippen LogP) is 2.02. The molecule has 0 spiro atoms. The van der Waals surface area contributed by atoms with Crippen molar-refractivity contribution in [1.82, 2.24) is 9.80 Å². The van der Waals surface area contributed by atoms with E-state index in [0.29, 0.717) is 32.8 Å². The van der Waals surface area contributed by atoms with Crippen molar-refractivity contribution in [2.45, 2.75) is 58.1 Å². The summed E-state index contributed by atoms with van der Waals surface area (Å²) >= 11 is 0. The lowest BCUT2D eigenvalue weighted by atomic mass is 10.1. The van der Waals surface area contributed by atoms with Gasteiger partial charge >= 0.3 is 6.09 Å². The van der Waals surface area contributed by atoms with Crippen molar-refractivity contribution in [2.75, 3.05) is 32.8 Å². The SMILES string of the molecule is CC(C)(C)OC(=O)N1CCCCCC1C(=O)N1CCOCC1. The minimum absolute atomic E-state index is 0.0380. The van der Waals surface area contributed by atoms with E-state index in [9.17, 15) is 9.59 Å². The first-order chi connectivity index (χ1) is 10.4. The van der Waals surface area contributed by atoms with Crippen LogP contribution in [0.1, 0.15) is 46.5 Å². The summed E-state index contributed by atoms with van der Waals surface area (Å²) in [5.41, 5.74) is -0.546. The molecule has 126 valence electrons. The van der Waals surface area contributed by atoms with Crippen LogP contribution in [-0.4, -0.2) is 66.3 Å². The van der Waals surface area contributed by atoms with Crippen LogP contribution in [0, 0.1) is 0 Å². The summed E-state index contributed by atoms with van der Waals surface area (Å²) in [6.45, 7) is 8.50. The van der Waals surface area contributed by atoms with Crippen LogP contribution >= 0.6 is 0 Å². The zero-order chi connectivity index (χ0) is 16.2. The Kier molecular flexibility index (Phi) is 5.67. The van der Waals surface area contributed by atoms with Gasteiger partial charge in [0, 0.05) is 19.6 Å². The highest BCUT2D eigenvalue weighted by Gasteiger charge is 2.36. The Hall–Kier alpha value is -1.30. The average Bonchev–Trinajstić information content (AvgIpc) is 2.71. The average molecular weight is 312 g/mol. The van der Waals surface area contributed by atoms with Crippen molar-refractivity contribution >= 4 is 12.0 Å². The highest BCUT2D eigenvalue weighted by molar-refractivity contribution is 5.86. The lowest BCUT2D eigenvalue weighted by molar-refractivity contribution is -0.141. The zero-order valence-electron chi connectivity index (χ0n) is 14.0. The molecular weight excluding hydrogens is 284 g/mol. The summed E-state index contributed by atoms with van der Waals surface area (Å²) in [6.07, 6.45) is 3.29. The van der Waals surface area contributed by atoms with Gasteiger partial charge < -0.3 is 14.4 Å². The van der Waals surface area contributed by atoms with Crippen molar-refractivity contribution in [2.24, 2.45) is 0 Å². The fourth-order valence-corrected chi connectivity index (χ4v) is 2.90. The standard InChI is InChI=1S/C16H28N2O4/c1-16(2,3)22-15(20)18-8-6-4-5-7-13(18)14(19)17-9-11-21-12-10-17/h13H,4-12H2,1-3H3. The van der Waals surface area contributed by atoms with Crippen molar-refractivity contribution in [1.29, 1.82) is 0 Å². The number of ether oxygens (including phenoxy) is 2. The van der Waals surface area contributed by atoms with Crippen molar-refractivity contribution in [3.05, 3.63) is 0 Å². The smallest absolute Gasteiger partial charge is 0.410 e. The van der Waals surface area contributed by atoms with E-state index < -0.39 is 11.6 Å². The third kappa shape index (κ3) is 4.60. The fraction of sp³-hybridized carbons (Fsp3) is 0.875. The van der Waals surface area contributed by atoms with Crippen LogP contribution < -0.4 is 0 Å². The summed E-state index contributed by atoms with van der Waals surface area (Å²) in [4.78, 5) is 28.7. The van der Waals surface area contributed by atoms with E-state index in [1.165, 1.54) is 0 Å². The van der Waals surface area contributed by atoms with Gasteiger partial charge in [0.25, 0.3) is 0 Å². The first kappa shape index (κ1) is 17.1. The number of likely N-dealkylation sites (tertiary alicyclic amines) is 1. The second kappa shape index (κ2) is 7.31. The predicted molar refractivity (Wildman–Crippen MR) is 82.6 cm³/mol. The number of carbonyl (C=O) groups excluding carboxylic acids is 2. The van der Waals surface area contributed by atoms with E-state index in [1.807, 2.05) is 25.7 Å². The van der Waals surface area contributed by atoms with Crippen LogP contribution in [0.15, 0.2) is 0 Å². The minimum atomic E-state index is -0.546. The van der Waals surface area contributed by atoms with Crippen molar-refractivity contribution in [3.8, 4) is 0 Å². The fourth-order valence-electron chi connectivity index (χ4n) is 2.90. The second-order valence-electron chi connectivity index (χ2n) is 6.98. The molecule has 2 heterocycles. The maximum absolute atomic E-state index is 12.8. The monoisotopic (exact) mass is 312 g/mol. The van der Waals surface area contributed by atoms with Crippen LogP contribution in [0.4, 0.5) is 4.79 Å². The van der Waals surface area contributed by atoms with Gasteiger partial charge in [-0.25, -0.2) is 4.79 Å². The first-order valence-electron chi connectivity index (χ1n) is 8.24. The maximum atomic E-state index is 12.8. The number of hydrogen-bond acceptors (Lipinski definition) is 4. The topological polar surface area (TPSA) is 59.1 Å². The molecule has 0 aromatic heterocycles. The highest BCUT2D eigenvalue weighted by atomic mass is 16.6. The Morgan fingerprint density at radius 2 is 1.73 bits per heavy atom. The van der Waals surface area contributed by atoms with E-state index in [1.54, 1.807) is 4.90 Å². The molecule has 0 aromatic carbocycles. The molecule has 0 radical (unpaired) electrons. The van der Waals surface area contributed by atoms with Gasteiger partial charge in [0.15, 0.2) is 0 Å². The number of nitrogens with zero attached hydrogens (tertiary/aromatic N) is 2. The Bertz CT molecular complexity index is 399. The quantitative estimate of drug-likeness (QED) is 0.743. The molecule has 2 amide bonds. The van der Waals surface area contributed by atoms with E-state index in [-0.39, 0.29) is 12.0 Å².